The standard InChI is InChI=1S/C20H24N2O3/c1-19(2)10-20(12-25-3)11-22(9-16(19)20)18(24)15-8-21-17(23)14-7-5-4-6-13(14)15/h4-8,16H,9-12H2,1-3H3,(H,21,23)/t16-,20-/m1/s1. The number of nitrogens with zero attached hydrogens (tertiary/aromatic N) is 1. The number of carbonyl (C=O) groups is 1. The summed E-state index contributed by atoms with van der Waals surface area (Å²) in [5, 5.41) is 1.28. The van der Waals surface area contributed by atoms with Crippen LogP contribution in [0, 0.1) is 16.7 Å². The second-order valence-corrected chi connectivity index (χ2v) is 8.28. The summed E-state index contributed by atoms with van der Waals surface area (Å²) in [5.74, 6) is 0.450. The molecule has 25 heavy (non-hydrogen) atoms. The molecule has 5 heteroatoms. The molecule has 1 aliphatic heterocycles. The number of H-pyrrole nitrogens is 1. The van der Waals surface area contributed by atoms with E-state index in [-0.39, 0.29) is 22.3 Å². The Morgan fingerprint density at radius 3 is 2.72 bits per heavy atom. The molecule has 1 saturated heterocycles. The van der Waals surface area contributed by atoms with Gasteiger partial charge < -0.3 is 14.6 Å². The largest absolute Gasteiger partial charge is 0.384 e. The van der Waals surface area contributed by atoms with Crippen molar-refractivity contribution in [2.24, 2.45) is 16.7 Å². The fourth-order valence-electron chi connectivity index (χ4n) is 5.32. The van der Waals surface area contributed by atoms with E-state index in [1.807, 2.05) is 23.1 Å². The summed E-state index contributed by atoms with van der Waals surface area (Å²) in [7, 11) is 1.73. The molecule has 1 saturated carbocycles. The fraction of sp³-hybridized carbons (Fsp3) is 0.500. The molecular formula is C20H24N2O3. The minimum absolute atomic E-state index is 0.00636. The molecule has 2 heterocycles. The molecule has 2 fully saturated rings. The van der Waals surface area contributed by atoms with Gasteiger partial charge in [-0.25, -0.2) is 0 Å². The monoisotopic (exact) mass is 340 g/mol. The van der Waals surface area contributed by atoms with Gasteiger partial charge in [-0.2, -0.15) is 0 Å². The van der Waals surface area contributed by atoms with Crippen molar-refractivity contribution >= 4 is 16.7 Å². The Morgan fingerprint density at radius 2 is 2.04 bits per heavy atom. The second kappa shape index (κ2) is 5.43. The van der Waals surface area contributed by atoms with Crippen LogP contribution in [0.4, 0.5) is 0 Å². The highest BCUT2D eigenvalue weighted by Crippen LogP contribution is 2.62. The number of aromatic amines is 1. The highest BCUT2D eigenvalue weighted by Gasteiger charge is 2.63. The quantitative estimate of drug-likeness (QED) is 0.934. The molecule has 1 aliphatic carbocycles. The van der Waals surface area contributed by atoms with E-state index < -0.39 is 0 Å². The van der Waals surface area contributed by atoms with Crippen LogP contribution in [0.2, 0.25) is 0 Å². The van der Waals surface area contributed by atoms with Crippen molar-refractivity contribution in [3.8, 4) is 0 Å². The maximum absolute atomic E-state index is 13.2. The van der Waals surface area contributed by atoms with Crippen molar-refractivity contribution in [3.63, 3.8) is 0 Å². The summed E-state index contributed by atoms with van der Waals surface area (Å²) in [6.45, 7) is 6.71. The van der Waals surface area contributed by atoms with Crippen molar-refractivity contribution in [2.75, 3.05) is 26.8 Å². The third kappa shape index (κ3) is 2.33. The van der Waals surface area contributed by atoms with Gasteiger partial charge in [0.25, 0.3) is 11.5 Å². The second-order valence-electron chi connectivity index (χ2n) is 8.28. The van der Waals surface area contributed by atoms with Crippen molar-refractivity contribution in [1.82, 2.24) is 9.88 Å². The number of methoxy groups -OCH3 is 1. The summed E-state index contributed by atoms with van der Waals surface area (Å²) in [6, 6.07) is 7.28. The highest BCUT2D eigenvalue weighted by atomic mass is 16.5. The van der Waals surface area contributed by atoms with E-state index in [4.69, 9.17) is 4.74 Å². The van der Waals surface area contributed by atoms with Crippen molar-refractivity contribution in [2.45, 2.75) is 20.3 Å². The molecule has 132 valence electrons. The fourth-order valence-corrected chi connectivity index (χ4v) is 5.32. The van der Waals surface area contributed by atoms with Crippen LogP contribution in [0.1, 0.15) is 30.6 Å². The van der Waals surface area contributed by atoms with E-state index in [0.717, 1.165) is 24.9 Å². The zero-order valence-corrected chi connectivity index (χ0v) is 15.0. The zero-order chi connectivity index (χ0) is 17.8. The van der Waals surface area contributed by atoms with Gasteiger partial charge in [0.05, 0.1) is 12.2 Å². The first-order valence-electron chi connectivity index (χ1n) is 8.77. The Bertz CT molecular complexity index is 901. The first-order chi connectivity index (χ1) is 11.9. The molecule has 0 radical (unpaired) electrons. The molecule has 4 rings (SSSR count). The number of carbonyl (C=O) groups excluding carboxylic acids is 1. The molecule has 0 bridgehead atoms. The number of fused-ring (bicyclic) bond motifs is 2. The smallest absolute Gasteiger partial charge is 0.255 e. The average molecular weight is 340 g/mol. The Kier molecular flexibility index (Phi) is 3.55. The number of pyridine rings is 1. The van der Waals surface area contributed by atoms with E-state index in [0.29, 0.717) is 23.5 Å². The van der Waals surface area contributed by atoms with E-state index in [2.05, 4.69) is 18.8 Å². The number of hydrogen-bond acceptors (Lipinski definition) is 3. The lowest BCUT2D eigenvalue weighted by molar-refractivity contribution is -0.107. The molecule has 2 atom stereocenters. The van der Waals surface area contributed by atoms with Gasteiger partial charge in [0.15, 0.2) is 0 Å². The lowest BCUT2D eigenvalue weighted by atomic mass is 9.48. The first-order valence-corrected chi connectivity index (χ1v) is 8.77. The minimum atomic E-state index is -0.161. The van der Waals surface area contributed by atoms with Crippen LogP contribution in [0.25, 0.3) is 10.8 Å². The van der Waals surface area contributed by atoms with Crippen molar-refractivity contribution in [3.05, 3.63) is 46.4 Å². The van der Waals surface area contributed by atoms with Gasteiger partial charge in [0.1, 0.15) is 0 Å². The molecule has 0 unspecified atom stereocenters. The van der Waals surface area contributed by atoms with E-state index >= 15 is 0 Å². The number of benzene rings is 1. The van der Waals surface area contributed by atoms with Gasteiger partial charge in [-0.1, -0.05) is 32.0 Å². The van der Waals surface area contributed by atoms with Crippen LogP contribution < -0.4 is 5.56 Å². The molecule has 0 spiro atoms. The van der Waals surface area contributed by atoms with Crippen LogP contribution in [-0.2, 0) is 4.74 Å². The maximum Gasteiger partial charge on any atom is 0.255 e. The number of aromatic nitrogens is 1. The minimum Gasteiger partial charge on any atom is -0.384 e. The van der Waals surface area contributed by atoms with Gasteiger partial charge in [-0.05, 0) is 23.8 Å². The summed E-state index contributed by atoms with van der Waals surface area (Å²) in [6.07, 6.45) is 2.63. The number of amides is 1. The molecule has 1 amide bonds. The Morgan fingerprint density at radius 1 is 1.32 bits per heavy atom. The Balaban J connectivity index is 1.69. The van der Waals surface area contributed by atoms with Crippen LogP contribution in [0.3, 0.4) is 0 Å². The van der Waals surface area contributed by atoms with Crippen LogP contribution in [-0.4, -0.2) is 42.6 Å². The van der Waals surface area contributed by atoms with Crippen molar-refractivity contribution < 1.29 is 9.53 Å². The summed E-state index contributed by atoms with van der Waals surface area (Å²) >= 11 is 0. The topological polar surface area (TPSA) is 62.4 Å². The molecule has 2 aliphatic rings. The van der Waals surface area contributed by atoms with Crippen LogP contribution >= 0.6 is 0 Å². The molecule has 5 nitrogen and oxygen atoms in total. The number of nitrogens with one attached hydrogen (secondary N) is 1. The van der Waals surface area contributed by atoms with Gasteiger partial charge in [-0.3, -0.25) is 9.59 Å². The zero-order valence-electron chi connectivity index (χ0n) is 15.0. The summed E-state index contributed by atoms with van der Waals surface area (Å²) < 4.78 is 5.48. The third-order valence-electron chi connectivity index (χ3n) is 6.16. The molecule has 2 aromatic rings. The summed E-state index contributed by atoms with van der Waals surface area (Å²) in [5.41, 5.74) is 0.722. The first kappa shape index (κ1) is 16.3. The average Bonchev–Trinajstić information content (AvgIpc) is 2.90. The van der Waals surface area contributed by atoms with Crippen molar-refractivity contribution in [1.29, 1.82) is 0 Å². The number of likely N-dealkylation sites (tertiary alicyclic amines) is 1. The van der Waals surface area contributed by atoms with E-state index in [1.165, 1.54) is 0 Å². The van der Waals surface area contributed by atoms with Gasteiger partial charge >= 0.3 is 0 Å². The lowest BCUT2D eigenvalue weighted by Crippen LogP contribution is -2.55. The van der Waals surface area contributed by atoms with Gasteiger partial charge in [-0.15, -0.1) is 0 Å². The molecule has 1 aromatic carbocycles. The predicted octanol–water partition coefficient (Wildman–Crippen LogP) is 2.66. The summed E-state index contributed by atoms with van der Waals surface area (Å²) in [4.78, 5) is 29.9. The Labute approximate surface area is 147 Å². The predicted molar refractivity (Wildman–Crippen MR) is 96.7 cm³/mol. The number of hydrogen-bond donors (Lipinski definition) is 1. The highest BCUT2D eigenvalue weighted by molar-refractivity contribution is 6.06. The number of rotatable bonds is 3. The maximum atomic E-state index is 13.2. The van der Waals surface area contributed by atoms with Crippen LogP contribution in [0.5, 0.6) is 0 Å². The van der Waals surface area contributed by atoms with Gasteiger partial charge in [0, 0.05) is 42.6 Å². The molecule has 1 aromatic heterocycles. The molecule has 1 N–H and O–H groups in total. The normalized spacial score (nSPS) is 27.2. The lowest BCUT2D eigenvalue weighted by Gasteiger charge is -2.56. The Hall–Kier alpha value is -2.14. The van der Waals surface area contributed by atoms with Gasteiger partial charge in [0.2, 0.25) is 0 Å². The molecular weight excluding hydrogens is 316 g/mol. The van der Waals surface area contributed by atoms with Crippen LogP contribution in [0.15, 0.2) is 35.3 Å². The third-order valence-corrected chi connectivity index (χ3v) is 6.16. The van der Waals surface area contributed by atoms with E-state index in [9.17, 15) is 9.59 Å². The number of ether oxygens (including phenoxy) is 1. The van der Waals surface area contributed by atoms with E-state index in [1.54, 1.807) is 19.4 Å². The SMILES string of the molecule is COC[C@@]12CN(C(=O)c3c[nH]c(=O)c4ccccc34)C[C@@H]1C(C)(C)C2.